The SMILES string of the molecule is CC(C)CNc1nnc(SCC(=O)Nc2ccc3c(c2)OCO3)s1. The van der Waals surface area contributed by atoms with Gasteiger partial charge in [-0.1, -0.05) is 36.9 Å². The zero-order chi connectivity index (χ0) is 16.9. The van der Waals surface area contributed by atoms with E-state index in [1.165, 1.54) is 23.1 Å². The number of nitrogens with zero attached hydrogens (tertiary/aromatic N) is 2. The van der Waals surface area contributed by atoms with Crippen molar-refractivity contribution < 1.29 is 14.3 Å². The lowest BCUT2D eigenvalue weighted by Gasteiger charge is -2.05. The molecule has 1 aromatic heterocycles. The van der Waals surface area contributed by atoms with E-state index < -0.39 is 0 Å². The topological polar surface area (TPSA) is 85.4 Å². The summed E-state index contributed by atoms with van der Waals surface area (Å²) in [5.74, 6) is 2.04. The molecule has 0 spiro atoms. The Morgan fingerprint density at radius 1 is 1.33 bits per heavy atom. The molecular weight excluding hydrogens is 348 g/mol. The van der Waals surface area contributed by atoms with Crippen molar-refractivity contribution in [2.24, 2.45) is 5.92 Å². The Morgan fingerprint density at radius 2 is 2.17 bits per heavy atom. The number of anilines is 2. The van der Waals surface area contributed by atoms with Crippen LogP contribution in [0.2, 0.25) is 0 Å². The second kappa shape index (κ2) is 7.71. The van der Waals surface area contributed by atoms with Crippen LogP contribution in [0.15, 0.2) is 22.5 Å². The first-order chi connectivity index (χ1) is 11.6. The monoisotopic (exact) mass is 366 g/mol. The Labute approximate surface area is 148 Å². The summed E-state index contributed by atoms with van der Waals surface area (Å²) in [6.07, 6.45) is 0. The minimum Gasteiger partial charge on any atom is -0.454 e. The molecule has 128 valence electrons. The predicted molar refractivity (Wildman–Crippen MR) is 95.2 cm³/mol. The first-order valence-corrected chi connectivity index (χ1v) is 9.30. The molecule has 0 atom stereocenters. The number of fused-ring (bicyclic) bond motifs is 1. The number of thioether (sulfide) groups is 1. The van der Waals surface area contributed by atoms with Crippen LogP contribution in [0, 0.1) is 5.92 Å². The smallest absolute Gasteiger partial charge is 0.234 e. The van der Waals surface area contributed by atoms with Crippen LogP contribution in [0.25, 0.3) is 0 Å². The van der Waals surface area contributed by atoms with Crippen LogP contribution in [0.1, 0.15) is 13.8 Å². The van der Waals surface area contributed by atoms with Crippen LogP contribution in [-0.2, 0) is 4.79 Å². The van der Waals surface area contributed by atoms with E-state index in [9.17, 15) is 4.79 Å². The average Bonchev–Trinajstić information content (AvgIpc) is 3.19. The molecule has 3 rings (SSSR count). The van der Waals surface area contributed by atoms with Crippen molar-refractivity contribution in [1.82, 2.24) is 10.2 Å². The Kier molecular flexibility index (Phi) is 5.41. The van der Waals surface area contributed by atoms with Crippen molar-refractivity contribution in [3.05, 3.63) is 18.2 Å². The minimum absolute atomic E-state index is 0.106. The Hall–Kier alpha value is -2.00. The number of hydrogen-bond donors (Lipinski definition) is 2. The molecule has 0 saturated carbocycles. The van der Waals surface area contributed by atoms with Crippen LogP contribution in [0.4, 0.5) is 10.8 Å². The van der Waals surface area contributed by atoms with Crippen molar-refractivity contribution in [1.29, 1.82) is 0 Å². The number of nitrogens with one attached hydrogen (secondary N) is 2. The third-order valence-corrected chi connectivity index (χ3v) is 5.07. The fraction of sp³-hybridized carbons (Fsp3) is 0.400. The van der Waals surface area contributed by atoms with Gasteiger partial charge in [0.05, 0.1) is 5.75 Å². The molecule has 1 aliphatic heterocycles. The Balaban J connectivity index is 1.47. The highest BCUT2D eigenvalue weighted by Crippen LogP contribution is 2.34. The fourth-order valence-electron chi connectivity index (χ4n) is 1.93. The molecule has 2 aromatic rings. The summed E-state index contributed by atoms with van der Waals surface area (Å²) in [5, 5.41) is 15.0. The molecule has 0 saturated heterocycles. The minimum atomic E-state index is -0.106. The molecule has 7 nitrogen and oxygen atoms in total. The summed E-state index contributed by atoms with van der Waals surface area (Å²) < 4.78 is 11.3. The average molecular weight is 366 g/mol. The number of rotatable bonds is 7. The van der Waals surface area contributed by atoms with Gasteiger partial charge in [0.25, 0.3) is 0 Å². The summed E-state index contributed by atoms with van der Waals surface area (Å²) >= 11 is 2.82. The van der Waals surface area contributed by atoms with Crippen molar-refractivity contribution in [3.63, 3.8) is 0 Å². The van der Waals surface area contributed by atoms with Gasteiger partial charge in [-0.15, -0.1) is 10.2 Å². The predicted octanol–water partition coefficient (Wildman–Crippen LogP) is 3.07. The van der Waals surface area contributed by atoms with Gasteiger partial charge in [0.15, 0.2) is 15.8 Å². The van der Waals surface area contributed by atoms with Gasteiger partial charge in [-0.2, -0.15) is 0 Å². The van der Waals surface area contributed by atoms with E-state index >= 15 is 0 Å². The highest BCUT2D eigenvalue weighted by atomic mass is 32.2. The van der Waals surface area contributed by atoms with Gasteiger partial charge >= 0.3 is 0 Å². The van der Waals surface area contributed by atoms with Gasteiger partial charge in [-0.25, -0.2) is 0 Å². The first-order valence-electron chi connectivity index (χ1n) is 7.50. The summed E-state index contributed by atoms with van der Waals surface area (Å²) in [7, 11) is 0. The van der Waals surface area contributed by atoms with Gasteiger partial charge in [0, 0.05) is 18.3 Å². The number of benzene rings is 1. The third kappa shape index (κ3) is 4.51. The molecule has 9 heteroatoms. The molecule has 2 heterocycles. The lowest BCUT2D eigenvalue weighted by atomic mass is 10.2. The van der Waals surface area contributed by atoms with Crippen LogP contribution >= 0.6 is 23.1 Å². The lowest BCUT2D eigenvalue weighted by molar-refractivity contribution is -0.113. The van der Waals surface area contributed by atoms with Gasteiger partial charge in [-0.05, 0) is 18.1 Å². The second-order valence-electron chi connectivity index (χ2n) is 5.55. The van der Waals surface area contributed by atoms with E-state index in [2.05, 4.69) is 34.7 Å². The Bertz CT molecular complexity index is 720. The molecule has 24 heavy (non-hydrogen) atoms. The van der Waals surface area contributed by atoms with E-state index in [4.69, 9.17) is 9.47 Å². The van der Waals surface area contributed by atoms with Gasteiger partial charge in [0.1, 0.15) is 0 Å². The highest BCUT2D eigenvalue weighted by Gasteiger charge is 2.14. The zero-order valence-electron chi connectivity index (χ0n) is 13.4. The number of aromatic nitrogens is 2. The standard InChI is InChI=1S/C15H18N4O3S2/c1-9(2)6-16-14-18-19-15(24-14)23-7-13(20)17-10-3-4-11-12(5-10)22-8-21-11/h3-5,9H,6-8H2,1-2H3,(H,16,18)(H,17,20). The number of hydrogen-bond acceptors (Lipinski definition) is 8. The maximum atomic E-state index is 12.0. The second-order valence-corrected chi connectivity index (χ2v) is 7.75. The fourth-order valence-corrected chi connectivity index (χ4v) is 3.49. The molecule has 1 aromatic carbocycles. The molecule has 0 unspecified atom stereocenters. The summed E-state index contributed by atoms with van der Waals surface area (Å²) in [4.78, 5) is 12.0. The van der Waals surface area contributed by atoms with Gasteiger partial charge in [-0.3, -0.25) is 4.79 Å². The maximum absolute atomic E-state index is 12.0. The van der Waals surface area contributed by atoms with Crippen LogP contribution in [0.3, 0.4) is 0 Å². The van der Waals surface area contributed by atoms with Crippen LogP contribution in [-0.4, -0.2) is 35.2 Å². The van der Waals surface area contributed by atoms with Crippen molar-refractivity contribution in [2.45, 2.75) is 18.2 Å². The molecule has 1 aliphatic rings. The normalized spacial score (nSPS) is 12.5. The van der Waals surface area contributed by atoms with Crippen molar-refractivity contribution in [3.8, 4) is 11.5 Å². The quantitative estimate of drug-likeness (QED) is 0.728. The summed E-state index contributed by atoms with van der Waals surface area (Å²) in [6, 6.07) is 5.32. The molecule has 0 aliphatic carbocycles. The Morgan fingerprint density at radius 3 is 3.00 bits per heavy atom. The van der Waals surface area contributed by atoms with E-state index in [1.54, 1.807) is 18.2 Å². The van der Waals surface area contributed by atoms with Crippen molar-refractivity contribution >= 4 is 39.8 Å². The molecule has 0 fully saturated rings. The lowest BCUT2D eigenvalue weighted by Crippen LogP contribution is -2.13. The van der Waals surface area contributed by atoms with Crippen LogP contribution in [0.5, 0.6) is 11.5 Å². The van der Waals surface area contributed by atoms with E-state index in [0.717, 1.165) is 16.0 Å². The molecular formula is C15H18N4O3S2. The van der Waals surface area contributed by atoms with E-state index in [0.29, 0.717) is 23.1 Å². The van der Waals surface area contributed by atoms with Crippen LogP contribution < -0.4 is 20.1 Å². The maximum Gasteiger partial charge on any atom is 0.234 e. The highest BCUT2D eigenvalue weighted by molar-refractivity contribution is 8.01. The molecule has 1 amide bonds. The molecule has 0 bridgehead atoms. The van der Waals surface area contributed by atoms with Crippen molar-refractivity contribution in [2.75, 3.05) is 29.7 Å². The number of amides is 1. The number of carbonyl (C=O) groups excluding carboxylic acids is 1. The first kappa shape index (κ1) is 16.8. The molecule has 0 radical (unpaired) electrons. The van der Waals surface area contributed by atoms with Gasteiger partial charge in [0.2, 0.25) is 17.8 Å². The third-order valence-electron chi connectivity index (χ3n) is 3.05. The van der Waals surface area contributed by atoms with Gasteiger partial charge < -0.3 is 20.1 Å². The number of ether oxygens (including phenoxy) is 2. The largest absolute Gasteiger partial charge is 0.454 e. The van der Waals surface area contributed by atoms with E-state index in [1.807, 2.05) is 0 Å². The summed E-state index contributed by atoms with van der Waals surface area (Å²) in [6.45, 7) is 5.32. The zero-order valence-corrected chi connectivity index (χ0v) is 15.0. The van der Waals surface area contributed by atoms with E-state index in [-0.39, 0.29) is 18.5 Å². The number of carbonyl (C=O) groups is 1. The summed E-state index contributed by atoms with van der Waals surface area (Å²) in [5.41, 5.74) is 0.682. The molecule has 2 N–H and O–H groups in total.